The molecule has 0 atom stereocenters. The minimum atomic E-state index is -4.10. The van der Waals surface area contributed by atoms with Gasteiger partial charge in [0, 0.05) is 29.8 Å². The van der Waals surface area contributed by atoms with E-state index in [0.29, 0.717) is 4.47 Å². The smallest absolute Gasteiger partial charge is 0.274 e. The number of benzene rings is 1. The van der Waals surface area contributed by atoms with E-state index in [2.05, 4.69) is 25.8 Å². The fourth-order valence-electron chi connectivity index (χ4n) is 1.52. The van der Waals surface area contributed by atoms with E-state index in [0.717, 1.165) is 6.07 Å². The summed E-state index contributed by atoms with van der Waals surface area (Å²) in [5, 5.41) is 14.8. The Morgan fingerprint density at radius 3 is 2.65 bits per heavy atom. The van der Waals surface area contributed by atoms with Crippen molar-refractivity contribution < 1.29 is 13.3 Å². The Morgan fingerprint density at radius 2 is 2.10 bits per heavy atom. The summed E-state index contributed by atoms with van der Waals surface area (Å²) in [7, 11) is -2.47. The maximum Gasteiger partial charge on any atom is 0.289 e. The number of nitro groups is 1. The summed E-state index contributed by atoms with van der Waals surface area (Å²) in [4.78, 5) is 9.74. The zero-order valence-electron chi connectivity index (χ0n) is 10.1. The number of hydrogen-bond donors (Lipinski definition) is 1. The molecule has 1 aromatic carbocycles. The Kier molecular flexibility index (Phi) is 3.77. The van der Waals surface area contributed by atoms with Crippen LogP contribution < -0.4 is 4.72 Å². The number of nitrogens with zero attached hydrogens (tertiary/aromatic N) is 3. The topological polar surface area (TPSA) is 107 Å². The number of aromatic nitrogens is 2. The van der Waals surface area contributed by atoms with Crippen LogP contribution in [-0.2, 0) is 17.1 Å². The van der Waals surface area contributed by atoms with Gasteiger partial charge < -0.3 is 0 Å². The largest absolute Gasteiger partial charge is 0.289 e. The third-order valence-electron chi connectivity index (χ3n) is 2.36. The Morgan fingerprint density at radius 1 is 1.40 bits per heavy atom. The van der Waals surface area contributed by atoms with E-state index in [1.165, 1.54) is 22.9 Å². The van der Waals surface area contributed by atoms with Crippen LogP contribution in [0, 0.1) is 10.1 Å². The molecule has 0 saturated carbocycles. The lowest BCUT2D eigenvalue weighted by molar-refractivity contribution is -0.387. The van der Waals surface area contributed by atoms with Crippen molar-refractivity contribution in [1.82, 2.24) is 9.78 Å². The molecule has 10 heteroatoms. The second kappa shape index (κ2) is 5.21. The summed E-state index contributed by atoms with van der Waals surface area (Å²) in [6, 6.07) is 5.14. The first kappa shape index (κ1) is 14.5. The molecule has 0 radical (unpaired) electrons. The van der Waals surface area contributed by atoms with Crippen molar-refractivity contribution in [3.63, 3.8) is 0 Å². The van der Waals surface area contributed by atoms with Gasteiger partial charge in [-0.3, -0.25) is 19.5 Å². The molecule has 20 heavy (non-hydrogen) atoms. The predicted octanol–water partition coefficient (Wildman–Crippen LogP) is 1.89. The lowest BCUT2D eigenvalue weighted by Crippen LogP contribution is -2.15. The van der Waals surface area contributed by atoms with E-state index in [9.17, 15) is 18.5 Å². The number of sulfonamides is 1. The Hall–Kier alpha value is -1.94. The molecule has 0 unspecified atom stereocenters. The Balaban J connectivity index is 2.48. The van der Waals surface area contributed by atoms with Crippen LogP contribution in [0.1, 0.15) is 0 Å². The van der Waals surface area contributed by atoms with Crippen molar-refractivity contribution in [1.29, 1.82) is 0 Å². The first-order chi connectivity index (χ1) is 9.29. The average Bonchev–Trinajstić information content (AvgIpc) is 2.73. The number of nitrogens with one attached hydrogen (secondary N) is 1. The van der Waals surface area contributed by atoms with Crippen LogP contribution in [-0.4, -0.2) is 23.1 Å². The molecule has 0 saturated heterocycles. The van der Waals surface area contributed by atoms with Crippen molar-refractivity contribution in [3.8, 4) is 0 Å². The molecule has 0 bridgehead atoms. The Bertz CT molecular complexity index is 771. The van der Waals surface area contributed by atoms with Crippen LogP contribution in [0.5, 0.6) is 0 Å². The van der Waals surface area contributed by atoms with Crippen molar-refractivity contribution in [2.75, 3.05) is 4.72 Å². The summed E-state index contributed by atoms with van der Waals surface area (Å²) >= 11 is 3.09. The minimum absolute atomic E-state index is 0.0850. The highest BCUT2D eigenvalue weighted by atomic mass is 79.9. The van der Waals surface area contributed by atoms with Crippen molar-refractivity contribution in [3.05, 3.63) is 45.0 Å². The number of halogens is 1. The van der Waals surface area contributed by atoms with E-state index >= 15 is 0 Å². The van der Waals surface area contributed by atoms with Crippen LogP contribution in [0.4, 0.5) is 11.5 Å². The van der Waals surface area contributed by atoms with Gasteiger partial charge in [-0.15, -0.1) is 0 Å². The monoisotopic (exact) mass is 360 g/mol. The zero-order valence-corrected chi connectivity index (χ0v) is 12.6. The second-order valence-corrected chi connectivity index (χ2v) is 6.42. The summed E-state index contributed by atoms with van der Waals surface area (Å²) < 4.78 is 28.4. The first-order valence-corrected chi connectivity index (χ1v) is 7.53. The van der Waals surface area contributed by atoms with E-state index in [1.807, 2.05) is 0 Å². The van der Waals surface area contributed by atoms with Crippen LogP contribution in [0.3, 0.4) is 0 Å². The molecule has 0 aliphatic rings. The Labute approximate surface area is 122 Å². The number of hydrogen-bond acceptors (Lipinski definition) is 5. The molecule has 1 aromatic heterocycles. The van der Waals surface area contributed by atoms with Crippen LogP contribution >= 0.6 is 15.9 Å². The summed E-state index contributed by atoms with van der Waals surface area (Å²) in [6.45, 7) is 0. The number of aryl methyl sites for hydroxylation is 1. The average molecular weight is 361 g/mol. The van der Waals surface area contributed by atoms with Gasteiger partial charge in [0.05, 0.1) is 4.92 Å². The van der Waals surface area contributed by atoms with E-state index in [4.69, 9.17) is 0 Å². The standard InChI is InChI=1S/C10H9BrN4O4S/c1-14-5-4-10(12-14)13-20(18,19)9-6-7(11)2-3-8(9)15(16)17/h2-6H,1H3,(H,12,13). The lowest BCUT2D eigenvalue weighted by atomic mass is 10.3. The van der Waals surface area contributed by atoms with Crippen molar-refractivity contribution in [2.24, 2.45) is 7.05 Å². The summed E-state index contributed by atoms with van der Waals surface area (Å²) in [5.74, 6) is 0.0850. The molecule has 8 nitrogen and oxygen atoms in total. The van der Waals surface area contributed by atoms with Crippen molar-refractivity contribution >= 4 is 37.5 Å². The molecule has 1 heterocycles. The molecule has 0 aliphatic carbocycles. The molecule has 2 rings (SSSR count). The molecule has 2 aromatic rings. The van der Waals surface area contributed by atoms with Crippen LogP contribution in [0.2, 0.25) is 0 Å². The lowest BCUT2D eigenvalue weighted by Gasteiger charge is -2.06. The van der Waals surface area contributed by atoms with Gasteiger partial charge in [0.2, 0.25) is 0 Å². The van der Waals surface area contributed by atoms with Gasteiger partial charge >= 0.3 is 0 Å². The van der Waals surface area contributed by atoms with Gasteiger partial charge in [-0.05, 0) is 12.1 Å². The van der Waals surface area contributed by atoms with Gasteiger partial charge in [0.15, 0.2) is 10.7 Å². The van der Waals surface area contributed by atoms with E-state index in [1.54, 1.807) is 13.2 Å². The molecule has 1 N–H and O–H groups in total. The molecule has 0 amide bonds. The van der Waals surface area contributed by atoms with E-state index in [-0.39, 0.29) is 5.82 Å². The van der Waals surface area contributed by atoms with Gasteiger partial charge in [-0.2, -0.15) is 5.10 Å². The van der Waals surface area contributed by atoms with Gasteiger partial charge in [0.25, 0.3) is 15.7 Å². The highest BCUT2D eigenvalue weighted by Gasteiger charge is 2.26. The maximum atomic E-state index is 12.2. The molecule has 0 fully saturated rings. The molecule has 0 aliphatic heterocycles. The summed E-state index contributed by atoms with van der Waals surface area (Å²) in [5.41, 5.74) is -0.503. The molecular weight excluding hydrogens is 352 g/mol. The SMILES string of the molecule is Cn1ccc(NS(=O)(=O)c2cc(Br)ccc2[N+](=O)[O-])n1. The minimum Gasteiger partial charge on any atom is -0.274 e. The molecule has 0 spiro atoms. The highest BCUT2D eigenvalue weighted by molar-refractivity contribution is 9.10. The fourth-order valence-corrected chi connectivity index (χ4v) is 3.22. The van der Waals surface area contributed by atoms with Gasteiger partial charge in [-0.1, -0.05) is 15.9 Å². The third kappa shape index (κ3) is 2.96. The maximum absolute atomic E-state index is 12.2. The van der Waals surface area contributed by atoms with Crippen LogP contribution in [0.25, 0.3) is 0 Å². The first-order valence-electron chi connectivity index (χ1n) is 5.26. The van der Waals surface area contributed by atoms with Crippen molar-refractivity contribution in [2.45, 2.75) is 4.90 Å². The zero-order chi connectivity index (χ0) is 14.9. The highest BCUT2D eigenvalue weighted by Crippen LogP contribution is 2.28. The normalized spacial score (nSPS) is 11.3. The number of anilines is 1. The van der Waals surface area contributed by atoms with E-state index < -0.39 is 25.5 Å². The number of rotatable bonds is 4. The number of nitro benzene ring substituents is 1. The fraction of sp³-hybridized carbons (Fsp3) is 0.100. The van der Waals surface area contributed by atoms with Crippen LogP contribution in [0.15, 0.2) is 39.8 Å². The summed E-state index contributed by atoms with van der Waals surface area (Å²) in [6.07, 6.45) is 1.55. The van der Waals surface area contributed by atoms with Gasteiger partial charge in [0.1, 0.15) is 0 Å². The second-order valence-electron chi connectivity index (χ2n) is 3.85. The van der Waals surface area contributed by atoms with Gasteiger partial charge in [-0.25, -0.2) is 8.42 Å². The third-order valence-corrected chi connectivity index (χ3v) is 4.24. The molecular formula is C10H9BrN4O4S. The molecule has 106 valence electrons. The predicted molar refractivity (Wildman–Crippen MR) is 74.8 cm³/mol. The quantitative estimate of drug-likeness (QED) is 0.661.